The molecule has 0 aliphatic carbocycles. The number of allylic oxidation sites excluding steroid dienone is 1. The second-order valence-electron chi connectivity index (χ2n) is 1.69. The minimum absolute atomic E-state index is 0.329. The van der Waals surface area contributed by atoms with Crippen LogP contribution in [0.5, 0.6) is 0 Å². The largest absolute Gasteiger partial charge is 0.502 e. The van der Waals surface area contributed by atoms with Gasteiger partial charge in [0.25, 0.3) is 0 Å². The number of hydrogen-bond acceptors (Lipinski definition) is 5. The molecular formula is C8H12O5. The number of esters is 1. The first kappa shape index (κ1) is 13.7. The molecule has 0 aliphatic heterocycles. The molecule has 0 aromatic rings. The first-order valence-corrected chi connectivity index (χ1v) is 3.17. The summed E-state index contributed by atoms with van der Waals surface area (Å²) in [6.45, 7) is 7.53. The molecule has 0 saturated heterocycles. The highest BCUT2D eigenvalue weighted by Gasteiger charge is 1.90. The van der Waals surface area contributed by atoms with E-state index >= 15 is 0 Å². The van der Waals surface area contributed by atoms with E-state index < -0.39 is 11.7 Å². The molecular weight excluding hydrogens is 176 g/mol. The first-order chi connectivity index (χ1) is 5.95. The van der Waals surface area contributed by atoms with E-state index in [9.17, 15) is 4.79 Å². The third kappa shape index (κ3) is 13.1. The number of rotatable bonds is 2. The lowest BCUT2D eigenvalue weighted by molar-refractivity contribution is -0.135. The predicted molar refractivity (Wildman–Crippen MR) is 47.1 cm³/mol. The summed E-state index contributed by atoms with van der Waals surface area (Å²) in [6.07, 6.45) is 2.03. The number of carbonyl (C=O) groups is 1. The van der Waals surface area contributed by atoms with Gasteiger partial charge in [0, 0.05) is 6.92 Å². The molecule has 0 heterocycles. The first-order valence-electron chi connectivity index (χ1n) is 3.17. The molecule has 0 amide bonds. The predicted octanol–water partition coefficient (Wildman–Crippen LogP) is 1.71. The van der Waals surface area contributed by atoms with E-state index in [2.05, 4.69) is 17.9 Å². The van der Waals surface area contributed by atoms with Gasteiger partial charge in [-0.2, -0.15) is 0 Å². The fourth-order valence-electron chi connectivity index (χ4n) is 0.209. The monoisotopic (exact) mass is 188 g/mol. The zero-order valence-corrected chi connectivity index (χ0v) is 7.23. The van der Waals surface area contributed by atoms with E-state index in [-0.39, 0.29) is 5.97 Å². The molecule has 5 nitrogen and oxygen atoms in total. The summed E-state index contributed by atoms with van der Waals surface area (Å²) in [5, 5.41) is 24.1. The van der Waals surface area contributed by atoms with Crippen LogP contribution in [0, 0.1) is 0 Å². The zero-order chi connectivity index (χ0) is 10.9. The third-order valence-electron chi connectivity index (χ3n) is 0.672. The second kappa shape index (κ2) is 8.19. The molecule has 3 N–H and O–H groups in total. The smallest absolute Gasteiger partial charge is 0.318 e. The molecule has 0 aromatic heterocycles. The third-order valence-corrected chi connectivity index (χ3v) is 0.672. The van der Waals surface area contributed by atoms with Gasteiger partial charge < -0.3 is 20.1 Å². The van der Waals surface area contributed by atoms with E-state index in [0.29, 0.717) is 0 Å². The normalized spacial score (nSPS) is 7.15. The molecule has 0 saturated carbocycles. The second-order valence-corrected chi connectivity index (χ2v) is 1.69. The average molecular weight is 188 g/mol. The molecule has 74 valence electrons. The van der Waals surface area contributed by atoms with Gasteiger partial charge in [0.15, 0.2) is 5.76 Å². The minimum Gasteiger partial charge on any atom is -0.502 e. The van der Waals surface area contributed by atoms with Gasteiger partial charge in [-0.05, 0) is 6.08 Å². The van der Waals surface area contributed by atoms with Gasteiger partial charge in [-0.15, -0.1) is 0 Å². The van der Waals surface area contributed by atoms with Crippen LogP contribution in [-0.2, 0) is 9.53 Å². The van der Waals surface area contributed by atoms with Crippen molar-refractivity contribution in [3.05, 3.63) is 37.2 Å². The van der Waals surface area contributed by atoms with E-state index in [0.717, 1.165) is 12.3 Å². The Labute approximate surface area is 75.9 Å². The quantitative estimate of drug-likeness (QED) is 0.349. The molecule has 0 spiro atoms. The van der Waals surface area contributed by atoms with Crippen molar-refractivity contribution in [2.45, 2.75) is 6.92 Å². The lowest BCUT2D eigenvalue weighted by Gasteiger charge is -1.86. The Kier molecular flexibility index (Phi) is 8.61. The molecule has 13 heavy (non-hydrogen) atoms. The lowest BCUT2D eigenvalue weighted by Crippen LogP contribution is -1.87. The van der Waals surface area contributed by atoms with Gasteiger partial charge in [0.05, 0.1) is 6.26 Å². The van der Waals surface area contributed by atoms with Gasteiger partial charge in [0.1, 0.15) is 0 Å². The van der Waals surface area contributed by atoms with Crippen LogP contribution in [0.25, 0.3) is 0 Å². The molecule has 0 fully saturated rings. The fourth-order valence-corrected chi connectivity index (χ4v) is 0.209. The van der Waals surface area contributed by atoms with Crippen molar-refractivity contribution in [1.82, 2.24) is 0 Å². The number of aliphatic hydroxyl groups excluding tert-OH is 2. The standard InChI is InChI=1S/C4H6O3.C4H6O2/c1-2-3(5)4(6)7;1-3-6-4(2)5/h2,5-7H,1H2;3H,1H2,2H3. The van der Waals surface area contributed by atoms with Gasteiger partial charge in [0.2, 0.25) is 0 Å². The maximum Gasteiger partial charge on any atom is 0.318 e. The Morgan fingerprint density at radius 2 is 1.77 bits per heavy atom. The van der Waals surface area contributed by atoms with E-state index in [1.165, 1.54) is 6.92 Å². The Morgan fingerprint density at radius 1 is 1.31 bits per heavy atom. The molecule has 0 bridgehead atoms. The number of ether oxygens (including phenoxy) is 1. The Hall–Kier alpha value is -1.91. The van der Waals surface area contributed by atoms with E-state index in [1.54, 1.807) is 0 Å². The summed E-state index contributed by atoms with van der Waals surface area (Å²) >= 11 is 0. The van der Waals surface area contributed by atoms with Crippen LogP contribution in [0.15, 0.2) is 37.2 Å². The van der Waals surface area contributed by atoms with Crippen molar-refractivity contribution in [2.24, 2.45) is 0 Å². The van der Waals surface area contributed by atoms with Gasteiger partial charge in [-0.3, -0.25) is 4.79 Å². The summed E-state index contributed by atoms with van der Waals surface area (Å²) in [7, 11) is 0. The number of hydrogen-bond donors (Lipinski definition) is 3. The van der Waals surface area contributed by atoms with Gasteiger partial charge in [-0.1, -0.05) is 13.2 Å². The summed E-state index contributed by atoms with van der Waals surface area (Å²) in [5.74, 6) is -2.04. The Morgan fingerprint density at radius 3 is 1.77 bits per heavy atom. The highest BCUT2D eigenvalue weighted by Crippen LogP contribution is 1.90. The lowest BCUT2D eigenvalue weighted by atomic mass is 10.5. The summed E-state index contributed by atoms with van der Waals surface area (Å²) in [5.41, 5.74) is 0. The Balaban J connectivity index is 0. The molecule has 0 radical (unpaired) electrons. The molecule has 5 heteroatoms. The summed E-state index contributed by atoms with van der Waals surface area (Å²) in [4.78, 5) is 9.75. The van der Waals surface area contributed by atoms with Crippen molar-refractivity contribution in [1.29, 1.82) is 0 Å². The fraction of sp³-hybridized carbons (Fsp3) is 0.125. The number of carbonyl (C=O) groups excluding carboxylic acids is 1. The van der Waals surface area contributed by atoms with Gasteiger partial charge in [-0.25, -0.2) is 0 Å². The number of aliphatic hydroxyl groups is 3. The zero-order valence-electron chi connectivity index (χ0n) is 7.23. The SMILES string of the molecule is C=CC(O)=C(O)O.C=COC(C)=O. The topological polar surface area (TPSA) is 87.0 Å². The van der Waals surface area contributed by atoms with Crippen LogP contribution in [-0.4, -0.2) is 21.3 Å². The van der Waals surface area contributed by atoms with Crippen molar-refractivity contribution in [3.63, 3.8) is 0 Å². The summed E-state index contributed by atoms with van der Waals surface area (Å²) < 4.78 is 4.17. The summed E-state index contributed by atoms with van der Waals surface area (Å²) in [6, 6.07) is 0. The van der Waals surface area contributed by atoms with Crippen LogP contribution >= 0.6 is 0 Å². The van der Waals surface area contributed by atoms with E-state index in [1.807, 2.05) is 0 Å². The van der Waals surface area contributed by atoms with Crippen molar-refractivity contribution >= 4 is 5.97 Å². The molecule has 0 unspecified atom stereocenters. The van der Waals surface area contributed by atoms with Crippen LogP contribution < -0.4 is 0 Å². The molecule has 0 aliphatic rings. The van der Waals surface area contributed by atoms with Crippen molar-refractivity contribution in [2.75, 3.05) is 0 Å². The highest BCUT2D eigenvalue weighted by atomic mass is 16.5. The Bertz CT molecular complexity index is 213. The minimum atomic E-state index is -1.10. The highest BCUT2D eigenvalue weighted by molar-refractivity contribution is 5.66. The molecule has 0 rings (SSSR count). The average Bonchev–Trinajstić information content (AvgIpc) is 2.03. The van der Waals surface area contributed by atoms with Crippen LogP contribution in [0.4, 0.5) is 0 Å². The van der Waals surface area contributed by atoms with Crippen molar-refractivity contribution < 1.29 is 24.9 Å². The van der Waals surface area contributed by atoms with Crippen LogP contribution in [0.3, 0.4) is 0 Å². The molecule has 0 aromatic carbocycles. The maximum atomic E-state index is 9.75. The molecule has 0 atom stereocenters. The van der Waals surface area contributed by atoms with Gasteiger partial charge >= 0.3 is 11.9 Å². The van der Waals surface area contributed by atoms with Crippen LogP contribution in [0.1, 0.15) is 6.92 Å². The van der Waals surface area contributed by atoms with Crippen molar-refractivity contribution in [3.8, 4) is 0 Å². The maximum absolute atomic E-state index is 9.75. The van der Waals surface area contributed by atoms with Crippen LogP contribution in [0.2, 0.25) is 0 Å². The van der Waals surface area contributed by atoms with E-state index in [4.69, 9.17) is 15.3 Å².